The quantitative estimate of drug-likeness (QED) is 0.821. The van der Waals surface area contributed by atoms with Crippen LogP contribution in [0.2, 0.25) is 0 Å². The molecular weight excluding hydrogens is 208 g/mol. The highest BCUT2D eigenvalue weighted by Crippen LogP contribution is 2.17. The lowest BCUT2D eigenvalue weighted by Gasteiger charge is -1.98. The van der Waals surface area contributed by atoms with E-state index in [-0.39, 0.29) is 6.54 Å². The predicted octanol–water partition coefficient (Wildman–Crippen LogP) is 0.733. The second-order valence-electron chi connectivity index (χ2n) is 3.35. The summed E-state index contributed by atoms with van der Waals surface area (Å²) in [5.74, 6) is -0.548. The fourth-order valence-electron chi connectivity index (χ4n) is 1.36. The highest BCUT2D eigenvalue weighted by atomic mass is 16.4. The molecule has 0 spiro atoms. The minimum absolute atomic E-state index is 0.279. The molecular formula is C10H10N4O2. The Balaban J connectivity index is 2.32. The van der Waals surface area contributed by atoms with Crippen LogP contribution in [0.1, 0.15) is 5.56 Å². The van der Waals surface area contributed by atoms with Gasteiger partial charge < -0.3 is 5.11 Å². The first-order valence-electron chi connectivity index (χ1n) is 4.72. The number of tetrazole rings is 1. The van der Waals surface area contributed by atoms with E-state index in [0.29, 0.717) is 5.82 Å². The van der Waals surface area contributed by atoms with Crippen LogP contribution in [0.5, 0.6) is 0 Å². The zero-order chi connectivity index (χ0) is 11.5. The number of carbonyl (C=O) groups is 1. The molecule has 1 heterocycles. The molecule has 0 unspecified atom stereocenters. The van der Waals surface area contributed by atoms with E-state index in [4.69, 9.17) is 5.11 Å². The van der Waals surface area contributed by atoms with Crippen LogP contribution in [0.15, 0.2) is 24.3 Å². The van der Waals surface area contributed by atoms with Crippen LogP contribution in [0.3, 0.4) is 0 Å². The first-order valence-corrected chi connectivity index (χ1v) is 4.72. The molecule has 0 aliphatic carbocycles. The number of rotatable bonds is 3. The van der Waals surface area contributed by atoms with Crippen LogP contribution in [0.25, 0.3) is 11.4 Å². The van der Waals surface area contributed by atoms with E-state index in [2.05, 4.69) is 15.4 Å². The Kier molecular flexibility index (Phi) is 2.63. The third-order valence-corrected chi connectivity index (χ3v) is 2.12. The molecule has 16 heavy (non-hydrogen) atoms. The van der Waals surface area contributed by atoms with E-state index in [1.807, 2.05) is 31.2 Å². The third-order valence-electron chi connectivity index (χ3n) is 2.12. The van der Waals surface area contributed by atoms with Crippen LogP contribution < -0.4 is 0 Å². The molecule has 6 heteroatoms. The Bertz CT molecular complexity index is 521. The molecule has 0 bridgehead atoms. The van der Waals surface area contributed by atoms with E-state index in [9.17, 15) is 4.79 Å². The van der Waals surface area contributed by atoms with Crippen molar-refractivity contribution < 1.29 is 9.90 Å². The smallest absolute Gasteiger partial charge is 0.327 e. The monoisotopic (exact) mass is 218 g/mol. The van der Waals surface area contributed by atoms with Gasteiger partial charge in [-0.05, 0) is 17.7 Å². The van der Waals surface area contributed by atoms with Crippen LogP contribution in [0, 0.1) is 6.92 Å². The Morgan fingerprint density at radius 3 is 2.88 bits per heavy atom. The van der Waals surface area contributed by atoms with Crippen molar-refractivity contribution in [3.63, 3.8) is 0 Å². The Morgan fingerprint density at radius 2 is 2.19 bits per heavy atom. The first-order chi connectivity index (χ1) is 7.66. The second-order valence-corrected chi connectivity index (χ2v) is 3.35. The van der Waals surface area contributed by atoms with Gasteiger partial charge in [0.25, 0.3) is 0 Å². The fourth-order valence-corrected chi connectivity index (χ4v) is 1.36. The molecule has 0 aliphatic rings. The number of hydrogen-bond donors (Lipinski definition) is 1. The average Bonchev–Trinajstić information content (AvgIpc) is 2.66. The molecule has 0 atom stereocenters. The molecule has 0 fully saturated rings. The van der Waals surface area contributed by atoms with Crippen molar-refractivity contribution in [1.82, 2.24) is 20.2 Å². The van der Waals surface area contributed by atoms with Crippen LogP contribution >= 0.6 is 0 Å². The Morgan fingerprint density at radius 1 is 1.44 bits per heavy atom. The standard InChI is InChI=1S/C10H10N4O2/c1-7-4-2-3-5-8(7)10-11-13-14(12-10)6-9(15)16/h2-5H,6H2,1H3,(H,15,16). The van der Waals surface area contributed by atoms with Crippen LogP contribution in [-0.4, -0.2) is 31.3 Å². The Hall–Kier alpha value is -2.24. The normalized spacial score (nSPS) is 10.3. The summed E-state index contributed by atoms with van der Waals surface area (Å²) < 4.78 is 0. The van der Waals surface area contributed by atoms with Crippen molar-refractivity contribution >= 4 is 5.97 Å². The molecule has 82 valence electrons. The van der Waals surface area contributed by atoms with E-state index >= 15 is 0 Å². The lowest BCUT2D eigenvalue weighted by atomic mass is 10.1. The lowest BCUT2D eigenvalue weighted by molar-refractivity contribution is -0.138. The van der Waals surface area contributed by atoms with Gasteiger partial charge in [0.2, 0.25) is 5.82 Å². The summed E-state index contributed by atoms with van der Waals surface area (Å²) in [7, 11) is 0. The number of aryl methyl sites for hydroxylation is 1. The maximum atomic E-state index is 10.5. The SMILES string of the molecule is Cc1ccccc1-c1nnn(CC(=O)O)n1. The molecule has 6 nitrogen and oxygen atoms in total. The predicted molar refractivity (Wildman–Crippen MR) is 55.6 cm³/mol. The summed E-state index contributed by atoms with van der Waals surface area (Å²) in [5, 5.41) is 20.1. The van der Waals surface area contributed by atoms with E-state index in [0.717, 1.165) is 15.9 Å². The molecule has 2 aromatic rings. The fraction of sp³-hybridized carbons (Fsp3) is 0.200. The average molecular weight is 218 g/mol. The summed E-state index contributed by atoms with van der Waals surface area (Å²) in [6, 6.07) is 7.60. The van der Waals surface area contributed by atoms with Gasteiger partial charge in [-0.2, -0.15) is 4.80 Å². The van der Waals surface area contributed by atoms with Gasteiger partial charge in [-0.1, -0.05) is 24.3 Å². The number of benzene rings is 1. The molecule has 1 N–H and O–H groups in total. The van der Waals surface area contributed by atoms with Gasteiger partial charge >= 0.3 is 5.97 Å². The molecule has 0 radical (unpaired) electrons. The minimum atomic E-state index is -0.992. The van der Waals surface area contributed by atoms with Crippen molar-refractivity contribution in [2.45, 2.75) is 13.5 Å². The van der Waals surface area contributed by atoms with Crippen molar-refractivity contribution in [2.24, 2.45) is 0 Å². The van der Waals surface area contributed by atoms with Crippen molar-refractivity contribution in [2.75, 3.05) is 0 Å². The molecule has 0 saturated carbocycles. The number of nitrogens with zero attached hydrogens (tertiary/aromatic N) is 4. The number of hydrogen-bond acceptors (Lipinski definition) is 4. The maximum Gasteiger partial charge on any atom is 0.327 e. The van der Waals surface area contributed by atoms with Gasteiger partial charge in [-0.15, -0.1) is 10.2 Å². The van der Waals surface area contributed by atoms with Gasteiger partial charge in [0.05, 0.1) is 0 Å². The van der Waals surface area contributed by atoms with Gasteiger partial charge in [-0.3, -0.25) is 4.79 Å². The Labute approximate surface area is 91.5 Å². The zero-order valence-electron chi connectivity index (χ0n) is 8.66. The van der Waals surface area contributed by atoms with E-state index in [1.165, 1.54) is 0 Å². The van der Waals surface area contributed by atoms with Gasteiger partial charge in [0.15, 0.2) is 6.54 Å². The minimum Gasteiger partial charge on any atom is -0.480 e. The largest absolute Gasteiger partial charge is 0.480 e. The molecule has 0 saturated heterocycles. The summed E-state index contributed by atoms with van der Waals surface area (Å²) >= 11 is 0. The van der Waals surface area contributed by atoms with Crippen LogP contribution in [0.4, 0.5) is 0 Å². The first kappa shape index (κ1) is 10.3. The second kappa shape index (κ2) is 4.09. The van der Waals surface area contributed by atoms with Crippen molar-refractivity contribution in [3.8, 4) is 11.4 Å². The van der Waals surface area contributed by atoms with E-state index < -0.39 is 5.97 Å². The van der Waals surface area contributed by atoms with Gasteiger partial charge in [0.1, 0.15) is 0 Å². The van der Waals surface area contributed by atoms with E-state index in [1.54, 1.807) is 0 Å². The van der Waals surface area contributed by atoms with Crippen molar-refractivity contribution in [1.29, 1.82) is 0 Å². The number of carboxylic acids is 1. The number of aromatic nitrogens is 4. The highest BCUT2D eigenvalue weighted by molar-refractivity contribution is 5.66. The summed E-state index contributed by atoms with van der Waals surface area (Å²) in [6.45, 7) is 1.66. The lowest BCUT2D eigenvalue weighted by Crippen LogP contribution is -2.11. The summed E-state index contributed by atoms with van der Waals surface area (Å²) in [5.41, 5.74) is 1.89. The topological polar surface area (TPSA) is 80.9 Å². The molecule has 0 amide bonds. The summed E-state index contributed by atoms with van der Waals surface area (Å²) in [4.78, 5) is 11.5. The van der Waals surface area contributed by atoms with Gasteiger partial charge in [0, 0.05) is 5.56 Å². The molecule has 2 rings (SSSR count). The van der Waals surface area contributed by atoms with Crippen molar-refractivity contribution in [3.05, 3.63) is 29.8 Å². The van der Waals surface area contributed by atoms with Gasteiger partial charge in [-0.25, -0.2) is 0 Å². The number of aliphatic carboxylic acids is 1. The summed E-state index contributed by atoms with van der Waals surface area (Å²) in [6.07, 6.45) is 0. The highest BCUT2D eigenvalue weighted by Gasteiger charge is 2.09. The third kappa shape index (κ3) is 2.05. The van der Waals surface area contributed by atoms with Crippen LogP contribution in [-0.2, 0) is 11.3 Å². The maximum absolute atomic E-state index is 10.5. The molecule has 1 aromatic heterocycles. The molecule has 1 aromatic carbocycles. The number of carboxylic acid groups (broad SMARTS) is 1. The zero-order valence-corrected chi connectivity index (χ0v) is 8.66. The molecule has 0 aliphatic heterocycles.